The molecule has 5 heteroatoms. The average molecular weight is 257 g/mol. The molecular weight excluding hydrogens is 234 g/mol. The van der Waals surface area contributed by atoms with Gasteiger partial charge in [0.05, 0.1) is 11.5 Å². The molecular formula is C13H23NO4. The summed E-state index contributed by atoms with van der Waals surface area (Å²) in [6.07, 6.45) is 2.61. The second-order valence-electron chi connectivity index (χ2n) is 5.91. The van der Waals surface area contributed by atoms with Crippen molar-refractivity contribution in [1.82, 2.24) is 4.90 Å². The number of aliphatic hydroxyl groups is 1. The molecule has 0 bridgehead atoms. The molecule has 2 atom stereocenters. The van der Waals surface area contributed by atoms with Gasteiger partial charge in [0.1, 0.15) is 0 Å². The van der Waals surface area contributed by atoms with Crippen LogP contribution in [-0.2, 0) is 9.59 Å². The minimum atomic E-state index is -0.925. The summed E-state index contributed by atoms with van der Waals surface area (Å²) in [4.78, 5) is 24.6. The first-order valence-corrected chi connectivity index (χ1v) is 6.41. The van der Waals surface area contributed by atoms with Gasteiger partial charge in [-0.25, -0.2) is 0 Å². The zero-order chi connectivity index (χ0) is 13.9. The molecule has 0 aromatic heterocycles. The van der Waals surface area contributed by atoms with Crippen molar-refractivity contribution in [2.75, 3.05) is 13.6 Å². The molecule has 0 saturated heterocycles. The minimum absolute atomic E-state index is 0.0527. The van der Waals surface area contributed by atoms with Gasteiger partial charge in [0.2, 0.25) is 5.91 Å². The SMILES string of the molecule is CN(CC(C)(C)O)C(=O)C1CCCC(C(=O)O)C1. The molecule has 1 rings (SSSR count). The smallest absolute Gasteiger partial charge is 0.306 e. The first-order chi connectivity index (χ1) is 8.20. The van der Waals surface area contributed by atoms with Crippen LogP contribution in [-0.4, -0.2) is 46.2 Å². The number of hydrogen-bond acceptors (Lipinski definition) is 3. The maximum atomic E-state index is 12.2. The van der Waals surface area contributed by atoms with Crippen LogP contribution in [0, 0.1) is 11.8 Å². The molecule has 1 fully saturated rings. The van der Waals surface area contributed by atoms with E-state index in [1.165, 1.54) is 4.90 Å². The van der Waals surface area contributed by atoms with Crippen molar-refractivity contribution in [3.05, 3.63) is 0 Å². The van der Waals surface area contributed by atoms with Gasteiger partial charge in [-0.15, -0.1) is 0 Å². The zero-order valence-electron chi connectivity index (χ0n) is 11.3. The molecule has 104 valence electrons. The topological polar surface area (TPSA) is 77.8 Å². The van der Waals surface area contributed by atoms with Crippen LogP contribution in [0.15, 0.2) is 0 Å². The van der Waals surface area contributed by atoms with E-state index < -0.39 is 17.5 Å². The number of aliphatic carboxylic acids is 1. The third-order valence-corrected chi connectivity index (χ3v) is 3.37. The molecule has 0 spiro atoms. The Morgan fingerprint density at radius 2 is 1.83 bits per heavy atom. The molecule has 1 aliphatic rings. The summed E-state index contributed by atoms with van der Waals surface area (Å²) in [7, 11) is 1.66. The van der Waals surface area contributed by atoms with Gasteiger partial charge in [0.25, 0.3) is 0 Å². The van der Waals surface area contributed by atoms with E-state index >= 15 is 0 Å². The Kier molecular flexibility index (Phi) is 4.73. The average Bonchev–Trinajstić information content (AvgIpc) is 2.26. The van der Waals surface area contributed by atoms with E-state index in [1.54, 1.807) is 20.9 Å². The van der Waals surface area contributed by atoms with Crippen LogP contribution in [0.3, 0.4) is 0 Å². The maximum absolute atomic E-state index is 12.2. The highest BCUT2D eigenvalue weighted by Gasteiger charge is 2.33. The van der Waals surface area contributed by atoms with E-state index in [4.69, 9.17) is 5.11 Å². The normalized spacial score (nSPS) is 24.7. The van der Waals surface area contributed by atoms with E-state index in [2.05, 4.69) is 0 Å². The predicted molar refractivity (Wildman–Crippen MR) is 67.0 cm³/mol. The van der Waals surface area contributed by atoms with Crippen molar-refractivity contribution in [3.8, 4) is 0 Å². The molecule has 0 heterocycles. The van der Waals surface area contributed by atoms with Gasteiger partial charge < -0.3 is 15.1 Å². The van der Waals surface area contributed by atoms with Gasteiger partial charge in [-0.05, 0) is 33.1 Å². The van der Waals surface area contributed by atoms with Gasteiger partial charge in [-0.1, -0.05) is 6.42 Å². The summed E-state index contributed by atoms with van der Waals surface area (Å²) in [5.74, 6) is -1.48. The zero-order valence-corrected chi connectivity index (χ0v) is 11.3. The maximum Gasteiger partial charge on any atom is 0.306 e. The number of amides is 1. The highest BCUT2D eigenvalue weighted by Crippen LogP contribution is 2.30. The van der Waals surface area contributed by atoms with Crippen LogP contribution >= 0.6 is 0 Å². The largest absolute Gasteiger partial charge is 0.481 e. The first kappa shape index (κ1) is 15.0. The molecule has 0 radical (unpaired) electrons. The lowest BCUT2D eigenvalue weighted by molar-refractivity contribution is -0.146. The number of carboxylic acids is 1. The van der Waals surface area contributed by atoms with Gasteiger partial charge in [-0.2, -0.15) is 0 Å². The number of rotatable bonds is 4. The summed E-state index contributed by atoms with van der Waals surface area (Å²) in [6, 6.07) is 0. The molecule has 0 aromatic rings. The summed E-state index contributed by atoms with van der Waals surface area (Å²) in [6.45, 7) is 3.56. The minimum Gasteiger partial charge on any atom is -0.481 e. The third kappa shape index (κ3) is 4.29. The lowest BCUT2D eigenvalue weighted by Gasteiger charge is -2.32. The summed E-state index contributed by atoms with van der Waals surface area (Å²) < 4.78 is 0. The number of hydrogen-bond donors (Lipinski definition) is 2. The van der Waals surface area contributed by atoms with Crippen LogP contribution < -0.4 is 0 Å². The molecule has 18 heavy (non-hydrogen) atoms. The van der Waals surface area contributed by atoms with Crippen molar-refractivity contribution in [3.63, 3.8) is 0 Å². The lowest BCUT2D eigenvalue weighted by Crippen LogP contribution is -2.43. The summed E-state index contributed by atoms with van der Waals surface area (Å²) in [5, 5.41) is 18.7. The van der Waals surface area contributed by atoms with E-state index in [0.717, 1.165) is 12.8 Å². The molecule has 1 amide bonds. The molecule has 0 aromatic carbocycles. The van der Waals surface area contributed by atoms with Crippen LogP contribution in [0.5, 0.6) is 0 Å². The fourth-order valence-corrected chi connectivity index (χ4v) is 2.61. The Morgan fingerprint density at radius 3 is 2.33 bits per heavy atom. The van der Waals surface area contributed by atoms with Gasteiger partial charge >= 0.3 is 5.97 Å². The fraction of sp³-hybridized carbons (Fsp3) is 0.846. The van der Waals surface area contributed by atoms with Crippen molar-refractivity contribution >= 4 is 11.9 Å². The van der Waals surface area contributed by atoms with Gasteiger partial charge in [0, 0.05) is 19.5 Å². The van der Waals surface area contributed by atoms with Crippen molar-refractivity contribution in [1.29, 1.82) is 0 Å². The van der Waals surface area contributed by atoms with Crippen LogP contribution in [0.25, 0.3) is 0 Å². The number of carbonyl (C=O) groups is 2. The number of likely N-dealkylation sites (N-methyl/N-ethyl adjacent to an activating group) is 1. The van der Waals surface area contributed by atoms with E-state index in [9.17, 15) is 14.7 Å². The predicted octanol–water partition coefficient (Wildman–Crippen LogP) is 1.11. The fourth-order valence-electron chi connectivity index (χ4n) is 2.61. The Hall–Kier alpha value is -1.10. The quantitative estimate of drug-likeness (QED) is 0.790. The Labute approximate surface area is 108 Å². The highest BCUT2D eigenvalue weighted by atomic mass is 16.4. The van der Waals surface area contributed by atoms with Crippen LogP contribution in [0.2, 0.25) is 0 Å². The number of carbonyl (C=O) groups excluding carboxylic acids is 1. The first-order valence-electron chi connectivity index (χ1n) is 6.41. The Morgan fingerprint density at radius 1 is 1.28 bits per heavy atom. The van der Waals surface area contributed by atoms with Crippen LogP contribution in [0.4, 0.5) is 0 Å². The molecule has 0 aliphatic heterocycles. The Bertz CT molecular complexity index is 321. The summed E-state index contributed by atoms with van der Waals surface area (Å²) >= 11 is 0. The van der Waals surface area contributed by atoms with E-state index in [-0.39, 0.29) is 18.4 Å². The van der Waals surface area contributed by atoms with Crippen molar-refractivity contribution in [2.45, 2.75) is 45.1 Å². The molecule has 2 N–H and O–H groups in total. The van der Waals surface area contributed by atoms with Crippen LogP contribution in [0.1, 0.15) is 39.5 Å². The third-order valence-electron chi connectivity index (χ3n) is 3.37. The number of carboxylic acid groups (broad SMARTS) is 1. The second kappa shape index (κ2) is 5.69. The van der Waals surface area contributed by atoms with E-state index in [1.807, 2.05) is 0 Å². The standard InChI is InChI=1S/C13H23NO4/c1-13(2,18)8-14(3)11(15)9-5-4-6-10(7-9)12(16)17/h9-10,18H,4-8H2,1-3H3,(H,16,17). The van der Waals surface area contributed by atoms with Gasteiger partial charge in [0.15, 0.2) is 0 Å². The molecule has 5 nitrogen and oxygen atoms in total. The monoisotopic (exact) mass is 257 g/mol. The van der Waals surface area contributed by atoms with Crippen molar-refractivity contribution < 1.29 is 19.8 Å². The van der Waals surface area contributed by atoms with Crippen molar-refractivity contribution in [2.24, 2.45) is 11.8 Å². The molecule has 1 saturated carbocycles. The lowest BCUT2D eigenvalue weighted by atomic mass is 9.80. The summed E-state index contributed by atoms with van der Waals surface area (Å²) in [5.41, 5.74) is -0.925. The second-order valence-corrected chi connectivity index (χ2v) is 5.91. The van der Waals surface area contributed by atoms with E-state index in [0.29, 0.717) is 12.8 Å². The molecule has 2 unspecified atom stereocenters. The highest BCUT2D eigenvalue weighted by molar-refractivity contribution is 5.80. The van der Waals surface area contributed by atoms with Gasteiger partial charge in [-0.3, -0.25) is 9.59 Å². The number of nitrogens with zero attached hydrogens (tertiary/aromatic N) is 1. The Balaban J connectivity index is 2.58. The molecule has 1 aliphatic carbocycles.